The fourth-order valence-electron chi connectivity index (χ4n) is 8.11. The summed E-state index contributed by atoms with van der Waals surface area (Å²) in [7, 11) is 0. The van der Waals surface area contributed by atoms with Gasteiger partial charge in [-0.2, -0.15) is 0 Å². The summed E-state index contributed by atoms with van der Waals surface area (Å²) in [5, 5.41) is 0. The zero-order chi connectivity index (χ0) is 54.3. The van der Waals surface area contributed by atoms with Gasteiger partial charge < -0.3 is 14.2 Å². The lowest BCUT2D eigenvalue weighted by Gasteiger charge is -2.18. The van der Waals surface area contributed by atoms with Crippen LogP contribution in [-0.2, 0) is 28.6 Å². The maximum Gasteiger partial charge on any atom is 0.306 e. The van der Waals surface area contributed by atoms with E-state index in [4.69, 9.17) is 14.2 Å². The Morgan fingerprint density at radius 1 is 0.280 bits per heavy atom. The lowest BCUT2D eigenvalue weighted by molar-refractivity contribution is -0.166. The lowest BCUT2D eigenvalue weighted by atomic mass is 10.0. The van der Waals surface area contributed by atoms with E-state index < -0.39 is 12.1 Å². The Labute approximate surface area is 462 Å². The number of carbonyl (C=O) groups is 3. The quantitative estimate of drug-likeness (QED) is 0.0261. The van der Waals surface area contributed by atoms with Gasteiger partial charge in [0.25, 0.3) is 0 Å². The summed E-state index contributed by atoms with van der Waals surface area (Å²) in [5.41, 5.74) is 0. The molecule has 0 fully saturated rings. The maximum absolute atomic E-state index is 12.8. The fourth-order valence-corrected chi connectivity index (χ4v) is 8.11. The number of allylic oxidation sites excluding steroid dienone is 22. The van der Waals surface area contributed by atoms with Gasteiger partial charge in [0.15, 0.2) is 6.10 Å². The number of hydrogen-bond donors (Lipinski definition) is 0. The molecule has 0 saturated carbocycles. The summed E-state index contributed by atoms with van der Waals surface area (Å²) in [6.45, 7) is 6.27. The molecule has 424 valence electrons. The first-order valence-electron chi connectivity index (χ1n) is 30.7. The van der Waals surface area contributed by atoms with Gasteiger partial charge in [-0.25, -0.2) is 0 Å². The molecule has 0 aromatic heterocycles. The highest BCUT2D eigenvalue weighted by Gasteiger charge is 2.19. The van der Waals surface area contributed by atoms with Crippen molar-refractivity contribution in [3.63, 3.8) is 0 Å². The average Bonchev–Trinajstić information content (AvgIpc) is 3.41. The van der Waals surface area contributed by atoms with Crippen molar-refractivity contribution in [2.75, 3.05) is 13.2 Å². The molecule has 0 radical (unpaired) electrons. The van der Waals surface area contributed by atoms with Crippen LogP contribution in [0, 0.1) is 0 Å². The van der Waals surface area contributed by atoms with Gasteiger partial charge in [-0.3, -0.25) is 14.4 Å². The van der Waals surface area contributed by atoms with Crippen LogP contribution in [0.4, 0.5) is 0 Å². The Morgan fingerprint density at radius 2 is 0.547 bits per heavy atom. The molecule has 0 heterocycles. The van der Waals surface area contributed by atoms with Crippen LogP contribution in [-0.4, -0.2) is 37.2 Å². The zero-order valence-electron chi connectivity index (χ0n) is 48.5. The summed E-state index contributed by atoms with van der Waals surface area (Å²) >= 11 is 0. The van der Waals surface area contributed by atoms with Crippen LogP contribution in [0.5, 0.6) is 0 Å². The van der Waals surface area contributed by atoms with E-state index in [-0.39, 0.29) is 31.6 Å². The molecule has 0 aliphatic rings. The van der Waals surface area contributed by atoms with Crippen LogP contribution in [0.3, 0.4) is 0 Å². The minimum Gasteiger partial charge on any atom is -0.462 e. The standard InChI is InChI=1S/C69H112O6/c1-4-7-10-13-16-19-22-25-26-27-28-29-30-31-32-33-34-35-36-37-38-39-40-41-42-45-47-50-53-56-59-62-68(71)74-65-66(75-69(72)63-60-57-54-51-48-44-24-21-18-15-12-9-6-3)64-73-67(70)61-58-55-52-49-46-43-23-20-17-14-11-8-5-2/h7,9-12,14,16,18-21,23,25-26,28-29,31-32,44,48,54,57,66H,4-6,8,13,15,17,22,24,27,30,33-43,45-47,49-53,55-56,58-65H2,1-3H3/b10-7-,12-9-,14-11-,19-16-,21-18-,23-20-,26-25-,29-28-,32-31-,48-44-,57-54-. The fraction of sp³-hybridized carbons (Fsp3) is 0.638. The second-order valence-electron chi connectivity index (χ2n) is 19.8. The summed E-state index contributed by atoms with van der Waals surface area (Å²) in [5.74, 6) is -1.01. The molecule has 0 bridgehead atoms. The molecule has 0 aromatic carbocycles. The highest BCUT2D eigenvalue weighted by Crippen LogP contribution is 2.15. The predicted octanol–water partition coefficient (Wildman–Crippen LogP) is 21.0. The predicted molar refractivity (Wildman–Crippen MR) is 325 cm³/mol. The van der Waals surface area contributed by atoms with Crippen LogP contribution in [0.25, 0.3) is 0 Å². The van der Waals surface area contributed by atoms with Crippen molar-refractivity contribution in [1.82, 2.24) is 0 Å². The van der Waals surface area contributed by atoms with Gasteiger partial charge in [-0.15, -0.1) is 0 Å². The van der Waals surface area contributed by atoms with Crippen molar-refractivity contribution >= 4 is 17.9 Å². The molecule has 6 heteroatoms. The van der Waals surface area contributed by atoms with Crippen LogP contribution in [0.15, 0.2) is 134 Å². The number of hydrogen-bond acceptors (Lipinski definition) is 6. The first-order chi connectivity index (χ1) is 37.0. The van der Waals surface area contributed by atoms with Crippen molar-refractivity contribution < 1.29 is 28.6 Å². The molecule has 0 aliphatic carbocycles. The SMILES string of the molecule is CC/C=C\C/C=C\C/C=C\C/C=C\C/C=C\CCCCCCCCCCCCCCCCCC(=O)OCC(COC(=O)CCCCCCC/C=C\C/C=C\CCC)OC(=O)CC/C=C\C/C=C\C/C=C\C/C=C\CC. The molecule has 0 saturated heterocycles. The third-order valence-corrected chi connectivity index (χ3v) is 12.6. The van der Waals surface area contributed by atoms with Crippen molar-refractivity contribution in [2.24, 2.45) is 0 Å². The molecule has 0 aromatic rings. The van der Waals surface area contributed by atoms with Gasteiger partial charge in [-0.1, -0.05) is 264 Å². The molecule has 75 heavy (non-hydrogen) atoms. The molecule has 0 rings (SSSR count). The summed E-state index contributed by atoms with van der Waals surface area (Å²) < 4.78 is 16.8. The number of rotatable bonds is 54. The van der Waals surface area contributed by atoms with Crippen molar-refractivity contribution in [2.45, 2.75) is 271 Å². The monoisotopic (exact) mass is 1040 g/mol. The average molecular weight is 1040 g/mol. The molecule has 0 aliphatic heterocycles. The second-order valence-corrected chi connectivity index (χ2v) is 19.8. The Morgan fingerprint density at radius 3 is 0.867 bits per heavy atom. The Hall–Kier alpha value is -4.45. The Balaban J connectivity index is 4.23. The molecular weight excluding hydrogens is 925 g/mol. The molecule has 1 unspecified atom stereocenters. The molecular formula is C69H112O6. The number of unbranched alkanes of at least 4 members (excludes halogenated alkanes) is 21. The van der Waals surface area contributed by atoms with E-state index in [1.807, 2.05) is 12.2 Å². The van der Waals surface area contributed by atoms with Crippen molar-refractivity contribution in [1.29, 1.82) is 0 Å². The second kappa shape index (κ2) is 62.1. The number of ether oxygens (including phenoxy) is 3. The lowest BCUT2D eigenvalue weighted by Crippen LogP contribution is -2.30. The topological polar surface area (TPSA) is 78.9 Å². The molecule has 0 amide bonds. The first kappa shape index (κ1) is 70.5. The van der Waals surface area contributed by atoms with E-state index in [1.54, 1.807) is 0 Å². The molecule has 6 nitrogen and oxygen atoms in total. The van der Waals surface area contributed by atoms with E-state index in [0.29, 0.717) is 19.3 Å². The zero-order valence-corrected chi connectivity index (χ0v) is 48.5. The van der Waals surface area contributed by atoms with Crippen LogP contribution in [0.1, 0.15) is 265 Å². The third-order valence-electron chi connectivity index (χ3n) is 12.6. The van der Waals surface area contributed by atoms with E-state index in [0.717, 1.165) is 128 Å². The molecule has 0 N–H and O–H groups in total. The normalized spacial score (nSPS) is 13.1. The molecule has 0 spiro atoms. The van der Waals surface area contributed by atoms with Crippen LogP contribution in [0.2, 0.25) is 0 Å². The van der Waals surface area contributed by atoms with Gasteiger partial charge >= 0.3 is 17.9 Å². The van der Waals surface area contributed by atoms with Gasteiger partial charge in [0.2, 0.25) is 0 Å². The number of carbonyl (C=O) groups excluding carboxylic acids is 3. The number of esters is 3. The van der Waals surface area contributed by atoms with E-state index in [9.17, 15) is 14.4 Å². The van der Waals surface area contributed by atoms with E-state index in [2.05, 4.69) is 142 Å². The maximum atomic E-state index is 12.8. The highest BCUT2D eigenvalue weighted by atomic mass is 16.6. The first-order valence-corrected chi connectivity index (χ1v) is 30.7. The van der Waals surface area contributed by atoms with Crippen LogP contribution < -0.4 is 0 Å². The summed E-state index contributed by atoms with van der Waals surface area (Å²) in [6, 6.07) is 0. The van der Waals surface area contributed by atoms with Gasteiger partial charge in [0, 0.05) is 19.3 Å². The van der Waals surface area contributed by atoms with E-state index in [1.165, 1.54) is 89.9 Å². The summed E-state index contributed by atoms with van der Waals surface area (Å²) in [6.07, 6.45) is 87.7. The van der Waals surface area contributed by atoms with Crippen molar-refractivity contribution in [3.05, 3.63) is 134 Å². The minimum atomic E-state index is -0.825. The van der Waals surface area contributed by atoms with Gasteiger partial charge in [0.05, 0.1) is 0 Å². The van der Waals surface area contributed by atoms with Crippen molar-refractivity contribution in [3.8, 4) is 0 Å². The van der Waals surface area contributed by atoms with Gasteiger partial charge in [0.1, 0.15) is 13.2 Å². The minimum absolute atomic E-state index is 0.113. The molecule has 1 atom stereocenters. The smallest absolute Gasteiger partial charge is 0.306 e. The summed E-state index contributed by atoms with van der Waals surface area (Å²) in [4.78, 5) is 38.1. The van der Waals surface area contributed by atoms with Gasteiger partial charge in [-0.05, 0) is 116 Å². The van der Waals surface area contributed by atoms with E-state index >= 15 is 0 Å². The Kier molecular flexibility index (Phi) is 58.4. The third kappa shape index (κ3) is 60.3. The van der Waals surface area contributed by atoms with Crippen LogP contribution >= 0.6 is 0 Å². The Bertz CT molecular complexity index is 1620. The largest absolute Gasteiger partial charge is 0.462 e. The highest BCUT2D eigenvalue weighted by molar-refractivity contribution is 5.71.